The Bertz CT molecular complexity index is 384. The van der Waals surface area contributed by atoms with Crippen molar-refractivity contribution in [3.8, 4) is 0 Å². The van der Waals surface area contributed by atoms with E-state index >= 15 is 0 Å². The summed E-state index contributed by atoms with van der Waals surface area (Å²) < 4.78 is 4.37. The summed E-state index contributed by atoms with van der Waals surface area (Å²) in [5.41, 5.74) is 0.901. The van der Waals surface area contributed by atoms with Crippen LogP contribution < -0.4 is 0 Å². The van der Waals surface area contributed by atoms with E-state index in [4.69, 9.17) is 10.2 Å². The van der Waals surface area contributed by atoms with Gasteiger partial charge in [0.2, 0.25) is 0 Å². The molecule has 0 aromatic rings. The summed E-state index contributed by atoms with van der Waals surface area (Å²) in [6.07, 6.45) is 4.57. The highest BCUT2D eigenvalue weighted by Gasteiger charge is 2.40. The number of ether oxygens (including phenoxy) is 1. The van der Waals surface area contributed by atoms with Crippen molar-refractivity contribution in [3.63, 3.8) is 0 Å². The van der Waals surface area contributed by atoms with Crippen LogP contribution in [-0.4, -0.2) is 35.2 Å². The molecule has 0 aromatic heterocycles. The number of carboxylic acids is 2. The molecule has 1 aliphatic rings. The molecule has 1 rings (SSSR count). The number of carboxylic acid groups (broad SMARTS) is 2. The van der Waals surface area contributed by atoms with Gasteiger partial charge < -0.3 is 14.9 Å². The lowest BCUT2D eigenvalue weighted by atomic mass is 9.86. The monoisotopic (exact) mass is 256 g/mol. The third-order valence-electron chi connectivity index (χ3n) is 3.06. The number of aliphatic carboxylic acids is 2. The van der Waals surface area contributed by atoms with E-state index in [1.54, 1.807) is 0 Å². The van der Waals surface area contributed by atoms with Crippen LogP contribution in [0.4, 0.5) is 0 Å². The summed E-state index contributed by atoms with van der Waals surface area (Å²) in [5, 5.41) is 18.1. The maximum Gasteiger partial charge on any atom is 0.320 e. The van der Waals surface area contributed by atoms with E-state index in [1.807, 2.05) is 6.08 Å². The topological polar surface area (TPSA) is 101 Å². The zero-order valence-electron chi connectivity index (χ0n) is 10.1. The van der Waals surface area contributed by atoms with E-state index in [0.29, 0.717) is 0 Å². The van der Waals surface area contributed by atoms with Crippen LogP contribution in [0.3, 0.4) is 0 Å². The number of hydrogen-bond acceptors (Lipinski definition) is 4. The van der Waals surface area contributed by atoms with Crippen LogP contribution >= 0.6 is 0 Å². The second-order valence-corrected chi connectivity index (χ2v) is 4.24. The molecule has 0 heterocycles. The van der Waals surface area contributed by atoms with Gasteiger partial charge in [0.15, 0.2) is 5.92 Å². The first kappa shape index (κ1) is 14.2. The second kappa shape index (κ2) is 6.18. The van der Waals surface area contributed by atoms with Gasteiger partial charge in [0, 0.05) is 0 Å². The van der Waals surface area contributed by atoms with E-state index in [-0.39, 0.29) is 6.42 Å². The highest BCUT2D eigenvalue weighted by Crippen LogP contribution is 2.29. The van der Waals surface area contributed by atoms with Gasteiger partial charge in [-0.05, 0) is 25.7 Å². The van der Waals surface area contributed by atoms with Crippen LogP contribution in [0, 0.1) is 11.8 Å². The molecule has 0 unspecified atom stereocenters. The Labute approximate surface area is 104 Å². The number of hydrogen-bond donors (Lipinski definition) is 2. The molecule has 100 valence electrons. The molecule has 6 nitrogen and oxygen atoms in total. The molecule has 0 bridgehead atoms. The molecule has 6 heteroatoms. The third-order valence-corrected chi connectivity index (χ3v) is 3.06. The Morgan fingerprint density at radius 1 is 1.33 bits per heavy atom. The Balaban J connectivity index is 2.89. The smallest absolute Gasteiger partial charge is 0.320 e. The van der Waals surface area contributed by atoms with Gasteiger partial charge in [-0.3, -0.25) is 14.4 Å². The van der Waals surface area contributed by atoms with Crippen molar-refractivity contribution in [3.05, 3.63) is 11.6 Å². The lowest BCUT2D eigenvalue weighted by Gasteiger charge is -2.18. The molecular weight excluding hydrogens is 240 g/mol. The zero-order chi connectivity index (χ0) is 13.7. The van der Waals surface area contributed by atoms with Gasteiger partial charge in [-0.15, -0.1) is 0 Å². The molecule has 0 fully saturated rings. The maximum absolute atomic E-state index is 11.4. The maximum atomic E-state index is 11.4. The lowest BCUT2D eigenvalue weighted by Crippen LogP contribution is -2.36. The number of allylic oxidation sites excluding steroid dienone is 2. The third kappa shape index (κ3) is 3.32. The summed E-state index contributed by atoms with van der Waals surface area (Å²) in [5.74, 6) is -6.71. The largest absolute Gasteiger partial charge is 0.481 e. The quantitative estimate of drug-likeness (QED) is 0.418. The Morgan fingerprint density at radius 2 is 2.00 bits per heavy atom. The van der Waals surface area contributed by atoms with Crippen LogP contribution in [-0.2, 0) is 19.1 Å². The van der Waals surface area contributed by atoms with E-state index in [1.165, 1.54) is 0 Å². The molecule has 0 spiro atoms. The van der Waals surface area contributed by atoms with Crippen molar-refractivity contribution in [1.29, 1.82) is 0 Å². The summed E-state index contributed by atoms with van der Waals surface area (Å²) >= 11 is 0. The van der Waals surface area contributed by atoms with Crippen molar-refractivity contribution in [2.24, 2.45) is 11.8 Å². The van der Waals surface area contributed by atoms with Gasteiger partial charge in [-0.1, -0.05) is 11.6 Å². The molecule has 0 aromatic carbocycles. The van der Waals surface area contributed by atoms with Crippen LogP contribution in [0.1, 0.15) is 25.7 Å². The molecule has 18 heavy (non-hydrogen) atoms. The molecular formula is C12H16O6. The van der Waals surface area contributed by atoms with Crippen LogP contribution in [0.15, 0.2) is 11.6 Å². The Kier molecular flexibility index (Phi) is 4.88. The van der Waals surface area contributed by atoms with E-state index in [9.17, 15) is 14.4 Å². The van der Waals surface area contributed by atoms with Gasteiger partial charge in [0.1, 0.15) is 0 Å². The summed E-state index contributed by atoms with van der Waals surface area (Å²) in [6, 6.07) is 0. The minimum atomic E-state index is -1.66. The predicted molar refractivity (Wildman–Crippen MR) is 60.8 cm³/mol. The second-order valence-electron chi connectivity index (χ2n) is 4.24. The van der Waals surface area contributed by atoms with Crippen LogP contribution in [0.2, 0.25) is 0 Å². The fourth-order valence-corrected chi connectivity index (χ4v) is 2.12. The molecule has 1 aliphatic carbocycles. The van der Waals surface area contributed by atoms with E-state index in [0.717, 1.165) is 31.9 Å². The normalized spacial score (nSPS) is 17.7. The van der Waals surface area contributed by atoms with Crippen molar-refractivity contribution in [2.75, 3.05) is 7.11 Å². The first-order valence-electron chi connectivity index (χ1n) is 5.68. The molecule has 0 saturated carbocycles. The highest BCUT2D eigenvalue weighted by atomic mass is 16.5. The van der Waals surface area contributed by atoms with Crippen molar-refractivity contribution >= 4 is 17.9 Å². The number of esters is 1. The number of carbonyl (C=O) groups excluding carboxylic acids is 1. The minimum absolute atomic E-state index is 0.0847. The van der Waals surface area contributed by atoms with Crippen molar-refractivity contribution in [2.45, 2.75) is 25.7 Å². The highest BCUT2D eigenvalue weighted by molar-refractivity contribution is 5.98. The van der Waals surface area contributed by atoms with Gasteiger partial charge in [0.25, 0.3) is 0 Å². The van der Waals surface area contributed by atoms with Gasteiger partial charge >= 0.3 is 17.9 Å². The number of carbonyl (C=O) groups is 3. The van der Waals surface area contributed by atoms with E-state index < -0.39 is 29.7 Å². The van der Waals surface area contributed by atoms with Crippen LogP contribution in [0.5, 0.6) is 0 Å². The lowest BCUT2D eigenvalue weighted by molar-refractivity contribution is -0.165. The molecule has 2 N–H and O–H groups in total. The first-order valence-corrected chi connectivity index (χ1v) is 5.68. The minimum Gasteiger partial charge on any atom is -0.481 e. The fourth-order valence-electron chi connectivity index (χ4n) is 2.12. The molecule has 0 radical (unpaired) electrons. The zero-order valence-corrected chi connectivity index (χ0v) is 10.1. The molecule has 0 saturated heterocycles. The SMILES string of the molecule is COC(=O)[C@H](C(=O)O)[C@@H](CC1=CCCC1)C(=O)O. The Morgan fingerprint density at radius 3 is 2.39 bits per heavy atom. The molecule has 0 amide bonds. The molecule has 2 atom stereocenters. The van der Waals surface area contributed by atoms with Crippen molar-refractivity contribution in [1.82, 2.24) is 0 Å². The van der Waals surface area contributed by atoms with Gasteiger partial charge in [0.05, 0.1) is 13.0 Å². The fraction of sp³-hybridized carbons (Fsp3) is 0.583. The standard InChI is InChI=1S/C12H16O6/c1-18-12(17)9(11(15)16)8(10(13)14)6-7-4-2-3-5-7/h4,8-9H,2-3,5-6H2,1H3,(H,13,14)(H,15,16)/t8-,9+/m1/s1. The molecule has 0 aliphatic heterocycles. The van der Waals surface area contributed by atoms with Crippen molar-refractivity contribution < 1.29 is 29.3 Å². The average molecular weight is 256 g/mol. The van der Waals surface area contributed by atoms with Gasteiger partial charge in [-0.25, -0.2) is 0 Å². The summed E-state index contributed by atoms with van der Waals surface area (Å²) in [4.78, 5) is 33.6. The number of methoxy groups -OCH3 is 1. The number of rotatable bonds is 6. The Hall–Kier alpha value is -1.85. The van der Waals surface area contributed by atoms with Gasteiger partial charge in [-0.2, -0.15) is 0 Å². The van der Waals surface area contributed by atoms with Crippen LogP contribution in [0.25, 0.3) is 0 Å². The first-order chi connectivity index (χ1) is 8.47. The summed E-state index contributed by atoms with van der Waals surface area (Å²) in [7, 11) is 1.05. The predicted octanol–water partition coefficient (Wildman–Crippen LogP) is 1.06. The summed E-state index contributed by atoms with van der Waals surface area (Å²) in [6.45, 7) is 0. The average Bonchev–Trinajstić information content (AvgIpc) is 2.79. The van der Waals surface area contributed by atoms with E-state index in [2.05, 4.69) is 4.74 Å².